The first kappa shape index (κ1) is 20.0. The minimum absolute atomic E-state index is 0.127. The molecule has 4 aromatic rings. The van der Waals surface area contributed by atoms with Crippen molar-refractivity contribution >= 4 is 0 Å². The van der Waals surface area contributed by atoms with E-state index in [-0.39, 0.29) is 11.5 Å². The Morgan fingerprint density at radius 1 is 0.531 bits per heavy atom. The summed E-state index contributed by atoms with van der Waals surface area (Å²) in [6, 6.07) is 26.7. The molecule has 2 aliphatic rings. The summed E-state index contributed by atoms with van der Waals surface area (Å²) in [6.07, 6.45) is 3.22. The molecular formula is C28H24O4. The molecule has 0 amide bonds. The van der Waals surface area contributed by atoms with E-state index in [4.69, 9.17) is 9.47 Å². The van der Waals surface area contributed by atoms with Crippen LogP contribution in [-0.4, -0.2) is 10.2 Å². The van der Waals surface area contributed by atoms with Crippen LogP contribution in [0.3, 0.4) is 0 Å². The van der Waals surface area contributed by atoms with E-state index in [1.165, 1.54) is 0 Å². The van der Waals surface area contributed by atoms with Crippen LogP contribution in [0.2, 0.25) is 0 Å². The van der Waals surface area contributed by atoms with Crippen LogP contribution in [0, 0.1) is 0 Å². The molecule has 4 nitrogen and oxygen atoms in total. The Bertz CT molecular complexity index is 1240. The van der Waals surface area contributed by atoms with Crippen LogP contribution in [-0.2, 0) is 25.7 Å². The smallest absolute Gasteiger partial charge is 0.169 e. The first-order chi connectivity index (χ1) is 15.6. The van der Waals surface area contributed by atoms with E-state index in [9.17, 15) is 10.2 Å². The van der Waals surface area contributed by atoms with Gasteiger partial charge in [-0.25, -0.2) is 0 Å². The fourth-order valence-electron chi connectivity index (χ4n) is 3.95. The van der Waals surface area contributed by atoms with Gasteiger partial charge < -0.3 is 19.7 Å². The van der Waals surface area contributed by atoms with E-state index in [0.717, 1.165) is 53.7 Å². The Labute approximate surface area is 187 Å². The number of benzene rings is 4. The Morgan fingerprint density at radius 2 is 1.25 bits per heavy atom. The van der Waals surface area contributed by atoms with E-state index in [1.807, 2.05) is 60.7 Å². The summed E-state index contributed by atoms with van der Waals surface area (Å²) in [5.74, 6) is 2.88. The zero-order valence-electron chi connectivity index (χ0n) is 17.6. The summed E-state index contributed by atoms with van der Waals surface area (Å²) >= 11 is 0. The van der Waals surface area contributed by atoms with Crippen LogP contribution in [0.4, 0.5) is 0 Å². The number of hydrogen-bond donors (Lipinski definition) is 2. The number of phenols is 2. The maximum Gasteiger partial charge on any atom is 0.169 e. The second kappa shape index (κ2) is 8.67. The molecule has 0 fully saturated rings. The molecule has 0 saturated carbocycles. The molecule has 0 aromatic heterocycles. The summed E-state index contributed by atoms with van der Waals surface area (Å²) in [4.78, 5) is 0. The SMILES string of the molecule is Oc1ccc2c(c1)Oc1cccc(c1)CCc1ccc(O)c(c1)Oc1ccc(cc1)CC2. The Morgan fingerprint density at radius 3 is 2.09 bits per heavy atom. The standard InChI is InChI=1S/C28H24O4/c29-23-12-11-22-10-6-19-7-13-24(14-8-19)31-28-17-21(9-15-26(28)30)5-4-20-2-1-3-25(16-20)32-27(22)18-23/h1-3,7-9,11-18,29-30H,4-6,10H2. The molecule has 2 heterocycles. The van der Waals surface area contributed by atoms with Gasteiger partial charge in [0.2, 0.25) is 0 Å². The number of rotatable bonds is 0. The van der Waals surface area contributed by atoms with Crippen molar-refractivity contribution in [2.75, 3.05) is 0 Å². The fraction of sp³-hybridized carbons (Fsp3) is 0.143. The zero-order chi connectivity index (χ0) is 21.9. The van der Waals surface area contributed by atoms with Gasteiger partial charge in [0.1, 0.15) is 23.0 Å². The number of ether oxygens (including phenoxy) is 2. The van der Waals surface area contributed by atoms with E-state index in [0.29, 0.717) is 17.2 Å². The molecule has 160 valence electrons. The molecule has 0 spiro atoms. The summed E-state index contributed by atoms with van der Waals surface area (Å²) in [5.41, 5.74) is 4.43. The van der Waals surface area contributed by atoms with Crippen LogP contribution in [0.1, 0.15) is 22.3 Å². The number of fused-ring (bicyclic) bond motifs is 4. The minimum atomic E-state index is 0.127. The normalized spacial score (nSPS) is 13.2. The molecule has 4 heteroatoms. The van der Waals surface area contributed by atoms with Gasteiger partial charge in [0.05, 0.1) is 0 Å². The van der Waals surface area contributed by atoms with Crippen molar-refractivity contribution in [3.8, 4) is 34.5 Å². The van der Waals surface area contributed by atoms with Gasteiger partial charge >= 0.3 is 0 Å². The molecule has 6 bridgehead atoms. The number of hydrogen-bond acceptors (Lipinski definition) is 4. The first-order valence-electron chi connectivity index (χ1n) is 10.8. The largest absolute Gasteiger partial charge is 0.508 e. The van der Waals surface area contributed by atoms with Gasteiger partial charge in [0.15, 0.2) is 11.5 Å². The molecule has 0 radical (unpaired) electrons. The highest BCUT2D eigenvalue weighted by Crippen LogP contribution is 2.34. The third-order valence-corrected chi connectivity index (χ3v) is 5.74. The van der Waals surface area contributed by atoms with Crippen LogP contribution in [0.15, 0.2) is 84.9 Å². The van der Waals surface area contributed by atoms with E-state index < -0.39 is 0 Å². The van der Waals surface area contributed by atoms with Crippen molar-refractivity contribution in [2.24, 2.45) is 0 Å². The molecule has 0 unspecified atom stereocenters. The Balaban J connectivity index is 1.53. The molecular weight excluding hydrogens is 400 g/mol. The van der Waals surface area contributed by atoms with Crippen molar-refractivity contribution < 1.29 is 19.7 Å². The Kier molecular flexibility index (Phi) is 5.42. The Hall–Kier alpha value is -3.92. The van der Waals surface area contributed by atoms with E-state index in [1.54, 1.807) is 18.2 Å². The second-order valence-corrected chi connectivity index (χ2v) is 8.09. The number of phenolic OH excluding ortho intramolecular Hbond substituents is 2. The monoisotopic (exact) mass is 424 g/mol. The maximum absolute atomic E-state index is 10.2. The van der Waals surface area contributed by atoms with Crippen LogP contribution < -0.4 is 9.47 Å². The number of aromatic hydroxyl groups is 2. The third kappa shape index (κ3) is 4.54. The van der Waals surface area contributed by atoms with Gasteiger partial charge in [0.25, 0.3) is 0 Å². The molecule has 2 aliphatic heterocycles. The van der Waals surface area contributed by atoms with Crippen molar-refractivity contribution in [3.05, 3.63) is 107 Å². The lowest BCUT2D eigenvalue weighted by atomic mass is 10.0. The molecule has 6 rings (SSSR count). The van der Waals surface area contributed by atoms with Gasteiger partial charge in [-0.05, 0) is 90.4 Å². The lowest BCUT2D eigenvalue weighted by Crippen LogP contribution is -1.97. The average Bonchev–Trinajstić information content (AvgIpc) is 2.80. The molecule has 2 N–H and O–H groups in total. The second-order valence-electron chi connectivity index (χ2n) is 8.09. The first-order valence-corrected chi connectivity index (χ1v) is 10.8. The third-order valence-electron chi connectivity index (χ3n) is 5.74. The minimum Gasteiger partial charge on any atom is -0.508 e. The lowest BCUT2D eigenvalue weighted by Gasteiger charge is -2.14. The number of aryl methyl sites for hydroxylation is 4. The van der Waals surface area contributed by atoms with Gasteiger partial charge in [-0.15, -0.1) is 0 Å². The maximum atomic E-state index is 10.2. The molecule has 32 heavy (non-hydrogen) atoms. The quantitative estimate of drug-likeness (QED) is 0.335. The zero-order valence-corrected chi connectivity index (χ0v) is 17.6. The van der Waals surface area contributed by atoms with Crippen LogP contribution >= 0.6 is 0 Å². The van der Waals surface area contributed by atoms with Crippen molar-refractivity contribution in [3.63, 3.8) is 0 Å². The van der Waals surface area contributed by atoms with Gasteiger partial charge in [0, 0.05) is 6.07 Å². The summed E-state index contributed by atoms with van der Waals surface area (Å²) in [5, 5.41) is 20.3. The fourth-order valence-corrected chi connectivity index (χ4v) is 3.95. The van der Waals surface area contributed by atoms with Crippen LogP contribution in [0.5, 0.6) is 34.5 Å². The topological polar surface area (TPSA) is 58.9 Å². The molecule has 4 aromatic carbocycles. The highest BCUT2D eigenvalue weighted by molar-refractivity contribution is 5.46. The predicted molar refractivity (Wildman–Crippen MR) is 124 cm³/mol. The van der Waals surface area contributed by atoms with E-state index >= 15 is 0 Å². The lowest BCUT2D eigenvalue weighted by molar-refractivity contribution is 0.410. The van der Waals surface area contributed by atoms with Crippen molar-refractivity contribution in [1.29, 1.82) is 0 Å². The summed E-state index contributed by atoms with van der Waals surface area (Å²) < 4.78 is 12.2. The van der Waals surface area contributed by atoms with Crippen molar-refractivity contribution in [2.45, 2.75) is 25.7 Å². The predicted octanol–water partition coefficient (Wildman–Crippen LogP) is 6.57. The summed E-state index contributed by atoms with van der Waals surface area (Å²) in [7, 11) is 0. The average molecular weight is 424 g/mol. The highest BCUT2D eigenvalue weighted by atomic mass is 16.5. The molecule has 0 atom stereocenters. The van der Waals surface area contributed by atoms with Crippen molar-refractivity contribution in [1.82, 2.24) is 0 Å². The van der Waals surface area contributed by atoms with Gasteiger partial charge in [-0.1, -0.05) is 36.4 Å². The van der Waals surface area contributed by atoms with Gasteiger partial charge in [-0.3, -0.25) is 0 Å². The van der Waals surface area contributed by atoms with E-state index in [2.05, 4.69) is 6.07 Å². The van der Waals surface area contributed by atoms with Crippen LogP contribution in [0.25, 0.3) is 0 Å². The summed E-state index contributed by atoms with van der Waals surface area (Å²) in [6.45, 7) is 0. The highest BCUT2D eigenvalue weighted by Gasteiger charge is 2.11. The van der Waals surface area contributed by atoms with Gasteiger partial charge in [-0.2, -0.15) is 0 Å². The molecule has 0 saturated heterocycles. The molecule has 0 aliphatic carbocycles.